The average molecular weight is 261 g/mol. The largest absolute Gasteiger partial charge is 0.397 e. The topological polar surface area (TPSA) is 38.5 Å². The molecule has 1 heterocycles. The second-order valence-electron chi connectivity index (χ2n) is 3.11. The van der Waals surface area contributed by atoms with Gasteiger partial charge in [0.2, 0.25) is 0 Å². The molecule has 2 N–H and O–H groups in total. The van der Waals surface area contributed by atoms with Crippen molar-refractivity contribution in [3.63, 3.8) is 0 Å². The number of anilines is 2. The Bertz CT molecular complexity index is 353. The van der Waals surface area contributed by atoms with Crippen molar-refractivity contribution in [2.45, 2.75) is 6.42 Å². The number of hydroxylamine groups is 1. The Kier molecular flexibility index (Phi) is 2.60. The predicted molar refractivity (Wildman–Crippen MR) is 56.4 cm³/mol. The van der Waals surface area contributed by atoms with Gasteiger partial charge in [-0.3, -0.25) is 9.90 Å². The lowest BCUT2D eigenvalue weighted by molar-refractivity contribution is 0.168. The van der Waals surface area contributed by atoms with E-state index in [-0.39, 0.29) is 5.82 Å². The number of rotatable bonds is 1. The third-order valence-electron chi connectivity index (χ3n) is 2.09. The molecule has 1 fully saturated rings. The molecular weight excluding hydrogens is 251 g/mol. The monoisotopic (exact) mass is 260 g/mol. The van der Waals surface area contributed by atoms with E-state index < -0.39 is 0 Å². The Hall–Kier alpha value is -0.810. The van der Waals surface area contributed by atoms with Crippen LogP contribution >= 0.6 is 15.9 Å². The first-order valence-electron chi connectivity index (χ1n) is 4.33. The van der Waals surface area contributed by atoms with Crippen LogP contribution in [0.25, 0.3) is 0 Å². The maximum Gasteiger partial charge on any atom is 0.139 e. The number of nitrogens with zero attached hydrogens (tertiary/aromatic N) is 1. The normalized spacial score (nSPS) is 16.3. The minimum absolute atomic E-state index is 0.329. The van der Waals surface area contributed by atoms with Crippen LogP contribution in [-0.4, -0.2) is 13.2 Å². The maximum absolute atomic E-state index is 13.2. The van der Waals surface area contributed by atoms with Crippen molar-refractivity contribution in [1.82, 2.24) is 0 Å². The molecule has 76 valence electrons. The molecule has 3 nitrogen and oxygen atoms in total. The van der Waals surface area contributed by atoms with E-state index in [9.17, 15) is 4.39 Å². The highest BCUT2D eigenvalue weighted by Crippen LogP contribution is 2.31. The van der Waals surface area contributed by atoms with Gasteiger partial charge in [-0.05, 0) is 28.4 Å². The zero-order valence-corrected chi connectivity index (χ0v) is 9.05. The molecule has 0 bridgehead atoms. The highest BCUT2D eigenvalue weighted by molar-refractivity contribution is 9.10. The zero-order valence-electron chi connectivity index (χ0n) is 7.46. The Morgan fingerprint density at radius 3 is 2.93 bits per heavy atom. The van der Waals surface area contributed by atoms with Gasteiger partial charge >= 0.3 is 0 Å². The molecule has 0 atom stereocenters. The molecule has 1 saturated heterocycles. The molecule has 1 aromatic rings. The van der Waals surface area contributed by atoms with Gasteiger partial charge in [0.25, 0.3) is 0 Å². The molecule has 14 heavy (non-hydrogen) atoms. The van der Waals surface area contributed by atoms with Crippen molar-refractivity contribution in [2.24, 2.45) is 0 Å². The first-order valence-corrected chi connectivity index (χ1v) is 5.13. The zero-order chi connectivity index (χ0) is 10.1. The van der Waals surface area contributed by atoms with Crippen LogP contribution in [0.3, 0.4) is 0 Å². The van der Waals surface area contributed by atoms with E-state index in [2.05, 4.69) is 15.9 Å². The average Bonchev–Trinajstić information content (AvgIpc) is 2.64. The molecule has 2 rings (SSSR count). The van der Waals surface area contributed by atoms with Crippen molar-refractivity contribution >= 4 is 27.3 Å². The van der Waals surface area contributed by atoms with Crippen molar-refractivity contribution in [3.8, 4) is 0 Å². The Labute approximate surface area is 89.7 Å². The van der Waals surface area contributed by atoms with Crippen LogP contribution in [0.2, 0.25) is 0 Å². The fourth-order valence-corrected chi connectivity index (χ4v) is 1.77. The van der Waals surface area contributed by atoms with Crippen LogP contribution in [0, 0.1) is 5.82 Å². The van der Waals surface area contributed by atoms with Crippen LogP contribution in [0.4, 0.5) is 15.8 Å². The summed E-state index contributed by atoms with van der Waals surface area (Å²) >= 11 is 3.07. The number of nitrogens with two attached hydrogens (primary N) is 1. The summed E-state index contributed by atoms with van der Waals surface area (Å²) < 4.78 is 13.6. The Morgan fingerprint density at radius 1 is 1.50 bits per heavy atom. The van der Waals surface area contributed by atoms with Crippen molar-refractivity contribution in [1.29, 1.82) is 0 Å². The smallest absolute Gasteiger partial charge is 0.139 e. The quantitative estimate of drug-likeness (QED) is 0.788. The lowest BCUT2D eigenvalue weighted by Crippen LogP contribution is -2.17. The molecule has 0 radical (unpaired) electrons. The van der Waals surface area contributed by atoms with Gasteiger partial charge < -0.3 is 5.73 Å². The van der Waals surface area contributed by atoms with Crippen LogP contribution in [0.5, 0.6) is 0 Å². The number of benzene rings is 1. The van der Waals surface area contributed by atoms with Gasteiger partial charge in [0, 0.05) is 12.6 Å². The second kappa shape index (κ2) is 3.74. The van der Waals surface area contributed by atoms with Gasteiger partial charge in [-0.1, -0.05) is 0 Å². The van der Waals surface area contributed by atoms with E-state index in [1.54, 1.807) is 11.1 Å². The standard InChI is InChI=1S/C9H10BrFN2O/c10-6-4-8(12)9(5-7(6)11)13-2-1-3-14-13/h4-5H,1-3,12H2. The summed E-state index contributed by atoms with van der Waals surface area (Å²) in [5, 5.41) is 1.63. The third kappa shape index (κ3) is 1.69. The van der Waals surface area contributed by atoms with Crippen LogP contribution in [0.1, 0.15) is 6.42 Å². The summed E-state index contributed by atoms with van der Waals surface area (Å²) in [6, 6.07) is 2.93. The first-order chi connectivity index (χ1) is 6.68. The van der Waals surface area contributed by atoms with E-state index >= 15 is 0 Å². The molecule has 5 heteroatoms. The summed E-state index contributed by atoms with van der Waals surface area (Å²) in [5.74, 6) is -0.329. The van der Waals surface area contributed by atoms with E-state index in [4.69, 9.17) is 10.6 Å². The highest BCUT2D eigenvalue weighted by atomic mass is 79.9. The maximum atomic E-state index is 13.2. The van der Waals surface area contributed by atoms with Crippen LogP contribution in [-0.2, 0) is 4.84 Å². The summed E-state index contributed by atoms with van der Waals surface area (Å²) in [6.07, 6.45) is 0.942. The molecule has 0 aliphatic carbocycles. The first kappa shape index (κ1) is 9.73. The van der Waals surface area contributed by atoms with E-state index in [0.29, 0.717) is 22.5 Å². The summed E-state index contributed by atoms with van der Waals surface area (Å²) in [6.45, 7) is 1.42. The lowest BCUT2D eigenvalue weighted by atomic mass is 10.2. The molecule has 0 spiro atoms. The molecule has 1 aromatic carbocycles. The molecule has 0 aromatic heterocycles. The van der Waals surface area contributed by atoms with E-state index in [1.807, 2.05) is 0 Å². The van der Waals surface area contributed by atoms with Gasteiger partial charge in [-0.15, -0.1) is 0 Å². The molecule has 0 amide bonds. The Morgan fingerprint density at radius 2 is 2.29 bits per heavy atom. The second-order valence-corrected chi connectivity index (χ2v) is 3.97. The molecule has 0 unspecified atom stereocenters. The minimum Gasteiger partial charge on any atom is -0.397 e. The van der Waals surface area contributed by atoms with E-state index in [1.165, 1.54) is 6.07 Å². The molecule has 0 saturated carbocycles. The van der Waals surface area contributed by atoms with Gasteiger partial charge in [0.05, 0.1) is 22.5 Å². The van der Waals surface area contributed by atoms with Crippen molar-refractivity contribution < 1.29 is 9.23 Å². The van der Waals surface area contributed by atoms with Crippen LogP contribution in [0.15, 0.2) is 16.6 Å². The predicted octanol–water partition coefficient (Wildman–Crippen LogP) is 2.31. The molecule has 1 aliphatic heterocycles. The SMILES string of the molecule is Nc1cc(Br)c(F)cc1N1CCCO1. The van der Waals surface area contributed by atoms with Gasteiger partial charge in [-0.2, -0.15) is 0 Å². The number of hydrogen-bond acceptors (Lipinski definition) is 3. The highest BCUT2D eigenvalue weighted by Gasteiger charge is 2.17. The van der Waals surface area contributed by atoms with Crippen LogP contribution < -0.4 is 10.8 Å². The minimum atomic E-state index is -0.329. The summed E-state index contributed by atoms with van der Waals surface area (Å²) in [7, 11) is 0. The molecular formula is C9H10BrFN2O. The van der Waals surface area contributed by atoms with Crippen molar-refractivity contribution in [3.05, 3.63) is 22.4 Å². The third-order valence-corrected chi connectivity index (χ3v) is 2.70. The van der Waals surface area contributed by atoms with Crippen molar-refractivity contribution in [2.75, 3.05) is 23.9 Å². The fourth-order valence-electron chi connectivity index (χ4n) is 1.41. The number of hydrogen-bond donors (Lipinski definition) is 1. The van der Waals surface area contributed by atoms with Gasteiger partial charge in [0.1, 0.15) is 5.82 Å². The van der Waals surface area contributed by atoms with E-state index in [0.717, 1.165) is 13.0 Å². The fraction of sp³-hybridized carbons (Fsp3) is 0.333. The summed E-state index contributed by atoms with van der Waals surface area (Å²) in [5.41, 5.74) is 6.87. The summed E-state index contributed by atoms with van der Waals surface area (Å²) in [4.78, 5) is 5.29. The molecule has 1 aliphatic rings. The lowest BCUT2D eigenvalue weighted by Gasteiger charge is -2.18. The van der Waals surface area contributed by atoms with Gasteiger partial charge in [0.15, 0.2) is 0 Å². The Balaban J connectivity index is 2.37. The number of halogens is 2. The number of nitrogen functional groups attached to an aromatic ring is 1. The van der Waals surface area contributed by atoms with Gasteiger partial charge in [-0.25, -0.2) is 4.39 Å².